The standard InChI is InChI=1S/C18H22F2N4S/c1-21-18(22-7-6-15-3-2-12-25-15)24-10-8-23(9-11-24)17-13-14(19)4-5-16(17)20/h2-5,12-13H,6-11H2,1H3,(H,21,22). The summed E-state index contributed by atoms with van der Waals surface area (Å²) in [6, 6.07) is 7.77. The van der Waals surface area contributed by atoms with Crippen molar-refractivity contribution in [2.75, 3.05) is 44.7 Å². The highest BCUT2D eigenvalue weighted by Crippen LogP contribution is 2.21. The molecule has 3 rings (SSSR count). The van der Waals surface area contributed by atoms with E-state index < -0.39 is 5.82 Å². The number of nitrogens with zero attached hydrogens (tertiary/aromatic N) is 3. The number of benzene rings is 1. The molecule has 0 amide bonds. The van der Waals surface area contributed by atoms with Gasteiger partial charge < -0.3 is 15.1 Å². The van der Waals surface area contributed by atoms with Crippen LogP contribution >= 0.6 is 11.3 Å². The molecule has 7 heteroatoms. The molecular formula is C18H22F2N4S. The van der Waals surface area contributed by atoms with Crippen molar-refractivity contribution in [2.24, 2.45) is 4.99 Å². The van der Waals surface area contributed by atoms with E-state index in [9.17, 15) is 8.78 Å². The van der Waals surface area contributed by atoms with Gasteiger partial charge in [-0.15, -0.1) is 11.3 Å². The van der Waals surface area contributed by atoms with Gasteiger partial charge in [0.05, 0.1) is 5.69 Å². The van der Waals surface area contributed by atoms with Crippen LogP contribution in [0.2, 0.25) is 0 Å². The minimum absolute atomic E-state index is 0.334. The summed E-state index contributed by atoms with van der Waals surface area (Å²) >= 11 is 1.75. The molecule has 0 aliphatic carbocycles. The van der Waals surface area contributed by atoms with Gasteiger partial charge in [0.1, 0.15) is 11.6 Å². The second kappa shape index (κ2) is 8.29. The minimum atomic E-state index is -0.412. The van der Waals surface area contributed by atoms with Crippen molar-refractivity contribution in [3.05, 3.63) is 52.2 Å². The third kappa shape index (κ3) is 4.48. The van der Waals surface area contributed by atoms with E-state index in [4.69, 9.17) is 0 Å². The number of halogens is 2. The van der Waals surface area contributed by atoms with Gasteiger partial charge in [-0.1, -0.05) is 6.07 Å². The van der Waals surface area contributed by atoms with Crippen LogP contribution in [0.15, 0.2) is 40.7 Å². The summed E-state index contributed by atoms with van der Waals surface area (Å²) < 4.78 is 27.3. The summed E-state index contributed by atoms with van der Waals surface area (Å²) in [4.78, 5) is 9.72. The number of thiophene rings is 1. The molecule has 4 nitrogen and oxygen atoms in total. The summed E-state index contributed by atoms with van der Waals surface area (Å²) in [7, 11) is 1.77. The van der Waals surface area contributed by atoms with Gasteiger partial charge in [0.2, 0.25) is 0 Å². The first-order valence-electron chi connectivity index (χ1n) is 8.35. The lowest BCUT2D eigenvalue weighted by atomic mass is 10.2. The second-order valence-electron chi connectivity index (χ2n) is 5.87. The van der Waals surface area contributed by atoms with Crippen molar-refractivity contribution in [1.29, 1.82) is 0 Å². The normalized spacial score (nSPS) is 15.6. The zero-order valence-corrected chi connectivity index (χ0v) is 15.0. The number of rotatable bonds is 4. The first kappa shape index (κ1) is 17.7. The predicted molar refractivity (Wildman–Crippen MR) is 99.5 cm³/mol. The molecule has 0 atom stereocenters. The molecular weight excluding hydrogens is 342 g/mol. The van der Waals surface area contributed by atoms with E-state index in [1.165, 1.54) is 17.0 Å². The number of hydrogen-bond donors (Lipinski definition) is 1. The molecule has 1 N–H and O–H groups in total. The van der Waals surface area contributed by atoms with Crippen LogP contribution < -0.4 is 10.2 Å². The summed E-state index contributed by atoms with van der Waals surface area (Å²) in [6.45, 7) is 3.52. The lowest BCUT2D eigenvalue weighted by molar-refractivity contribution is 0.371. The Morgan fingerprint density at radius 1 is 1.20 bits per heavy atom. The Morgan fingerprint density at radius 3 is 2.68 bits per heavy atom. The zero-order valence-electron chi connectivity index (χ0n) is 14.2. The van der Waals surface area contributed by atoms with E-state index in [-0.39, 0.29) is 5.82 Å². The third-order valence-corrected chi connectivity index (χ3v) is 5.21. The third-order valence-electron chi connectivity index (χ3n) is 4.27. The van der Waals surface area contributed by atoms with Crippen LogP contribution in [0, 0.1) is 11.6 Å². The van der Waals surface area contributed by atoms with Gasteiger partial charge in [0, 0.05) is 50.7 Å². The van der Waals surface area contributed by atoms with Crippen LogP contribution in [0.1, 0.15) is 4.88 Å². The van der Waals surface area contributed by atoms with E-state index in [1.54, 1.807) is 18.4 Å². The van der Waals surface area contributed by atoms with E-state index in [0.29, 0.717) is 31.9 Å². The Kier molecular flexibility index (Phi) is 5.86. The molecule has 1 aliphatic heterocycles. The number of nitrogens with one attached hydrogen (secondary N) is 1. The Labute approximate surface area is 150 Å². The smallest absolute Gasteiger partial charge is 0.193 e. The van der Waals surface area contributed by atoms with Crippen molar-refractivity contribution in [2.45, 2.75) is 6.42 Å². The van der Waals surface area contributed by atoms with Gasteiger partial charge in [-0.2, -0.15) is 0 Å². The van der Waals surface area contributed by atoms with Crippen molar-refractivity contribution in [3.8, 4) is 0 Å². The highest BCUT2D eigenvalue weighted by atomic mass is 32.1. The maximum Gasteiger partial charge on any atom is 0.193 e. The summed E-state index contributed by atoms with van der Waals surface area (Å²) in [6.07, 6.45) is 0.963. The molecule has 1 aromatic heterocycles. The fourth-order valence-corrected chi connectivity index (χ4v) is 3.68. The van der Waals surface area contributed by atoms with Gasteiger partial charge in [0.25, 0.3) is 0 Å². The molecule has 0 unspecified atom stereocenters. The zero-order chi connectivity index (χ0) is 17.6. The molecule has 0 radical (unpaired) electrons. The summed E-state index contributed by atoms with van der Waals surface area (Å²) in [5.74, 6) is 0.0640. The number of aliphatic imine (C=N–C) groups is 1. The van der Waals surface area contributed by atoms with Crippen molar-refractivity contribution < 1.29 is 8.78 Å². The van der Waals surface area contributed by atoms with Crippen molar-refractivity contribution in [3.63, 3.8) is 0 Å². The molecule has 1 aliphatic rings. The van der Waals surface area contributed by atoms with Crippen LogP contribution in [0.25, 0.3) is 0 Å². The van der Waals surface area contributed by atoms with Crippen molar-refractivity contribution in [1.82, 2.24) is 10.2 Å². The summed E-state index contributed by atoms with van der Waals surface area (Å²) in [5.41, 5.74) is 0.334. The van der Waals surface area contributed by atoms with E-state index in [1.807, 2.05) is 4.90 Å². The van der Waals surface area contributed by atoms with Crippen LogP contribution in [0.4, 0.5) is 14.5 Å². The lowest BCUT2D eigenvalue weighted by Gasteiger charge is -2.37. The Balaban J connectivity index is 1.52. The van der Waals surface area contributed by atoms with Crippen LogP contribution in [0.5, 0.6) is 0 Å². The maximum atomic E-state index is 13.9. The summed E-state index contributed by atoms with van der Waals surface area (Å²) in [5, 5.41) is 5.46. The molecule has 0 saturated carbocycles. The number of hydrogen-bond acceptors (Lipinski definition) is 3. The van der Waals surface area contributed by atoms with E-state index in [2.05, 4.69) is 32.7 Å². The average molecular weight is 364 g/mol. The largest absolute Gasteiger partial charge is 0.366 e. The molecule has 0 bridgehead atoms. The fourth-order valence-electron chi connectivity index (χ4n) is 2.97. The SMILES string of the molecule is CN=C(NCCc1cccs1)N1CCN(c2cc(F)ccc2F)CC1. The molecule has 1 saturated heterocycles. The monoisotopic (exact) mass is 364 g/mol. The lowest BCUT2D eigenvalue weighted by Crippen LogP contribution is -2.53. The fraction of sp³-hybridized carbons (Fsp3) is 0.389. The maximum absolute atomic E-state index is 13.9. The number of anilines is 1. The van der Waals surface area contributed by atoms with Gasteiger partial charge in [-0.25, -0.2) is 8.78 Å². The minimum Gasteiger partial charge on any atom is -0.366 e. The first-order chi connectivity index (χ1) is 12.2. The molecule has 0 spiro atoms. The van der Waals surface area contributed by atoms with Gasteiger partial charge in [-0.05, 0) is 30.0 Å². The Hall–Kier alpha value is -2.15. The number of piperazine rings is 1. The van der Waals surface area contributed by atoms with Gasteiger partial charge in [-0.3, -0.25) is 4.99 Å². The number of guanidine groups is 1. The van der Waals surface area contributed by atoms with E-state index >= 15 is 0 Å². The van der Waals surface area contributed by atoms with Crippen molar-refractivity contribution >= 4 is 23.0 Å². The molecule has 2 heterocycles. The molecule has 134 valence electrons. The highest BCUT2D eigenvalue weighted by molar-refractivity contribution is 7.09. The molecule has 1 aromatic carbocycles. The van der Waals surface area contributed by atoms with Gasteiger partial charge >= 0.3 is 0 Å². The van der Waals surface area contributed by atoms with Crippen LogP contribution in [0.3, 0.4) is 0 Å². The molecule has 2 aromatic rings. The quantitative estimate of drug-likeness (QED) is 0.668. The van der Waals surface area contributed by atoms with Crippen LogP contribution in [-0.4, -0.2) is 50.6 Å². The highest BCUT2D eigenvalue weighted by Gasteiger charge is 2.21. The van der Waals surface area contributed by atoms with Gasteiger partial charge in [0.15, 0.2) is 5.96 Å². The molecule has 1 fully saturated rings. The topological polar surface area (TPSA) is 30.9 Å². The van der Waals surface area contributed by atoms with Crippen LogP contribution in [-0.2, 0) is 6.42 Å². The average Bonchev–Trinajstić information content (AvgIpc) is 3.15. The predicted octanol–water partition coefficient (Wildman–Crippen LogP) is 2.97. The first-order valence-corrected chi connectivity index (χ1v) is 9.23. The second-order valence-corrected chi connectivity index (χ2v) is 6.91. The molecule has 25 heavy (non-hydrogen) atoms. The Morgan fingerprint density at radius 2 is 2.00 bits per heavy atom. The Bertz CT molecular complexity index is 710. The van der Waals surface area contributed by atoms with E-state index in [0.717, 1.165) is 25.0 Å².